The number of rotatable bonds is 5. The quantitative estimate of drug-likeness (QED) is 0.774. The molecule has 1 aromatic rings. The summed E-state index contributed by atoms with van der Waals surface area (Å²) in [5.41, 5.74) is 6.90. The molecule has 1 aromatic carbocycles. The molecular weight excluding hydrogens is 252 g/mol. The van der Waals surface area contributed by atoms with E-state index in [2.05, 4.69) is 11.9 Å². The number of nitrogens with one attached hydrogen (secondary N) is 1. The first-order valence-corrected chi connectivity index (χ1v) is 6.96. The van der Waals surface area contributed by atoms with E-state index in [1.165, 1.54) is 6.92 Å². The summed E-state index contributed by atoms with van der Waals surface area (Å²) in [6.07, 6.45) is 0.108. The number of hydrogen-bond donors (Lipinski definition) is 2. The van der Waals surface area contributed by atoms with Crippen LogP contribution in [0.25, 0.3) is 0 Å². The third kappa shape index (κ3) is 3.89. The highest BCUT2D eigenvalue weighted by molar-refractivity contribution is 7.94. The molecule has 0 aliphatic carbocycles. The number of benzene rings is 1. The molecule has 0 radical (unpaired) electrons. The minimum atomic E-state index is -3.48. The van der Waals surface area contributed by atoms with Crippen LogP contribution < -0.4 is 11.1 Å². The van der Waals surface area contributed by atoms with Gasteiger partial charge in [0, 0.05) is 11.1 Å². The van der Waals surface area contributed by atoms with Gasteiger partial charge in [-0.05, 0) is 24.6 Å². The monoisotopic (exact) mass is 268 g/mol. The van der Waals surface area contributed by atoms with Crippen LogP contribution in [0.3, 0.4) is 0 Å². The fraction of sp³-hybridized carbons (Fsp3) is 0.250. The fourth-order valence-corrected chi connectivity index (χ4v) is 1.91. The van der Waals surface area contributed by atoms with Crippen LogP contribution in [0.15, 0.2) is 36.3 Å². The standard InChI is InChI=1S/C12H16N2O3S/c1-3-18(16,17)9(2)14-12(15)8-10-4-6-11(13)7-5-10/h3-7,9H,1,8,13H2,2H3,(H,14,15). The van der Waals surface area contributed by atoms with Crippen LogP contribution in [0.2, 0.25) is 0 Å². The predicted molar refractivity (Wildman–Crippen MR) is 71.3 cm³/mol. The van der Waals surface area contributed by atoms with Crippen molar-refractivity contribution in [1.29, 1.82) is 0 Å². The Hall–Kier alpha value is -1.82. The Morgan fingerprint density at radius 3 is 2.50 bits per heavy atom. The van der Waals surface area contributed by atoms with E-state index < -0.39 is 15.2 Å². The van der Waals surface area contributed by atoms with Gasteiger partial charge in [-0.3, -0.25) is 4.79 Å². The Balaban J connectivity index is 2.62. The molecule has 6 heteroatoms. The van der Waals surface area contributed by atoms with E-state index in [0.29, 0.717) is 5.69 Å². The molecule has 0 saturated heterocycles. The SMILES string of the molecule is C=CS(=O)(=O)C(C)NC(=O)Cc1ccc(N)cc1. The number of carbonyl (C=O) groups is 1. The Labute approximate surface area is 107 Å². The van der Waals surface area contributed by atoms with Gasteiger partial charge in [0.25, 0.3) is 0 Å². The number of carbonyl (C=O) groups excluding carboxylic acids is 1. The Morgan fingerprint density at radius 2 is 2.00 bits per heavy atom. The smallest absolute Gasteiger partial charge is 0.225 e. The van der Waals surface area contributed by atoms with E-state index in [-0.39, 0.29) is 12.3 Å². The van der Waals surface area contributed by atoms with Gasteiger partial charge < -0.3 is 11.1 Å². The molecule has 1 amide bonds. The minimum Gasteiger partial charge on any atom is -0.399 e. The summed E-state index contributed by atoms with van der Waals surface area (Å²) in [7, 11) is -3.48. The van der Waals surface area contributed by atoms with Crippen LogP contribution in [0, 0.1) is 0 Å². The topological polar surface area (TPSA) is 89.3 Å². The first-order chi connectivity index (χ1) is 8.35. The molecule has 1 rings (SSSR count). The van der Waals surface area contributed by atoms with Crippen molar-refractivity contribution >= 4 is 21.4 Å². The average Bonchev–Trinajstić information content (AvgIpc) is 2.32. The molecular formula is C12H16N2O3S. The molecule has 3 N–H and O–H groups in total. The van der Waals surface area contributed by atoms with Gasteiger partial charge in [0.2, 0.25) is 5.91 Å². The van der Waals surface area contributed by atoms with Gasteiger partial charge in [-0.25, -0.2) is 8.42 Å². The summed E-state index contributed by atoms with van der Waals surface area (Å²) in [6, 6.07) is 6.82. The van der Waals surface area contributed by atoms with Crippen molar-refractivity contribution in [3.05, 3.63) is 41.8 Å². The molecule has 18 heavy (non-hydrogen) atoms. The third-order valence-electron chi connectivity index (χ3n) is 2.43. The van der Waals surface area contributed by atoms with Crippen LogP contribution in [0.5, 0.6) is 0 Å². The first-order valence-electron chi connectivity index (χ1n) is 5.35. The largest absolute Gasteiger partial charge is 0.399 e. The molecule has 0 saturated carbocycles. The zero-order valence-electron chi connectivity index (χ0n) is 10.1. The summed E-state index contributed by atoms with van der Waals surface area (Å²) >= 11 is 0. The molecule has 0 aliphatic rings. The third-order valence-corrected chi connectivity index (χ3v) is 4.00. The average molecular weight is 268 g/mol. The van der Waals surface area contributed by atoms with Gasteiger partial charge >= 0.3 is 0 Å². The molecule has 0 heterocycles. The van der Waals surface area contributed by atoms with Gasteiger partial charge in [0.1, 0.15) is 5.37 Å². The zero-order chi connectivity index (χ0) is 13.8. The van der Waals surface area contributed by atoms with Crippen molar-refractivity contribution < 1.29 is 13.2 Å². The summed E-state index contributed by atoms with van der Waals surface area (Å²) in [4.78, 5) is 11.6. The lowest BCUT2D eigenvalue weighted by Gasteiger charge is -2.12. The van der Waals surface area contributed by atoms with E-state index in [4.69, 9.17) is 5.73 Å². The highest BCUT2D eigenvalue weighted by atomic mass is 32.2. The van der Waals surface area contributed by atoms with Crippen molar-refractivity contribution in [2.24, 2.45) is 0 Å². The second kappa shape index (κ2) is 5.68. The zero-order valence-corrected chi connectivity index (χ0v) is 10.9. The van der Waals surface area contributed by atoms with E-state index >= 15 is 0 Å². The molecule has 1 unspecified atom stereocenters. The Kier molecular flexibility index (Phi) is 4.49. The number of anilines is 1. The maximum atomic E-state index is 11.6. The lowest BCUT2D eigenvalue weighted by atomic mass is 10.1. The van der Waals surface area contributed by atoms with Crippen LogP contribution in [0.4, 0.5) is 5.69 Å². The van der Waals surface area contributed by atoms with Crippen LogP contribution >= 0.6 is 0 Å². The van der Waals surface area contributed by atoms with E-state index in [1.54, 1.807) is 24.3 Å². The van der Waals surface area contributed by atoms with Gasteiger partial charge in [0.05, 0.1) is 6.42 Å². The van der Waals surface area contributed by atoms with Gasteiger partial charge in [-0.1, -0.05) is 18.7 Å². The van der Waals surface area contributed by atoms with Gasteiger partial charge in [0.15, 0.2) is 9.84 Å². The summed E-state index contributed by atoms with van der Waals surface area (Å²) < 4.78 is 22.8. The van der Waals surface area contributed by atoms with Gasteiger partial charge in [-0.2, -0.15) is 0 Å². The van der Waals surface area contributed by atoms with Crippen LogP contribution in [-0.2, 0) is 21.1 Å². The molecule has 0 bridgehead atoms. The van der Waals surface area contributed by atoms with Crippen molar-refractivity contribution in [2.45, 2.75) is 18.7 Å². The van der Waals surface area contributed by atoms with Gasteiger partial charge in [-0.15, -0.1) is 0 Å². The second-order valence-corrected chi connectivity index (χ2v) is 6.10. The Morgan fingerprint density at radius 1 is 1.44 bits per heavy atom. The normalized spacial score (nSPS) is 12.7. The van der Waals surface area contributed by atoms with E-state index in [9.17, 15) is 13.2 Å². The molecule has 0 aromatic heterocycles. The molecule has 5 nitrogen and oxygen atoms in total. The van der Waals surface area contributed by atoms with Crippen molar-refractivity contribution in [2.75, 3.05) is 5.73 Å². The lowest BCUT2D eigenvalue weighted by molar-refractivity contribution is -0.120. The molecule has 0 fully saturated rings. The van der Waals surface area contributed by atoms with E-state index in [1.807, 2.05) is 0 Å². The highest BCUT2D eigenvalue weighted by Crippen LogP contribution is 2.06. The van der Waals surface area contributed by atoms with E-state index in [0.717, 1.165) is 11.0 Å². The maximum Gasteiger partial charge on any atom is 0.225 e. The summed E-state index contributed by atoms with van der Waals surface area (Å²) in [5, 5.41) is 2.26. The molecule has 0 spiro atoms. The number of nitrogen functional groups attached to an aromatic ring is 1. The first kappa shape index (κ1) is 14.2. The van der Waals surface area contributed by atoms with Crippen molar-refractivity contribution in [3.8, 4) is 0 Å². The number of hydrogen-bond acceptors (Lipinski definition) is 4. The maximum absolute atomic E-state index is 11.6. The number of amides is 1. The lowest BCUT2D eigenvalue weighted by Crippen LogP contribution is -2.38. The minimum absolute atomic E-state index is 0.108. The second-order valence-electron chi connectivity index (χ2n) is 3.88. The molecule has 1 atom stereocenters. The fourth-order valence-electron chi connectivity index (χ4n) is 1.33. The highest BCUT2D eigenvalue weighted by Gasteiger charge is 2.18. The van der Waals surface area contributed by atoms with Crippen LogP contribution in [-0.4, -0.2) is 19.7 Å². The summed E-state index contributed by atoms with van der Waals surface area (Å²) in [6.45, 7) is 4.60. The number of sulfone groups is 1. The van der Waals surface area contributed by atoms with Crippen molar-refractivity contribution in [1.82, 2.24) is 5.32 Å². The molecule has 0 aliphatic heterocycles. The Bertz CT molecular complexity index is 535. The molecule has 98 valence electrons. The summed E-state index contributed by atoms with van der Waals surface area (Å²) in [5.74, 6) is -0.363. The van der Waals surface area contributed by atoms with Crippen LogP contribution in [0.1, 0.15) is 12.5 Å². The predicted octanol–water partition coefficient (Wildman–Crippen LogP) is 0.832. The number of nitrogens with two attached hydrogens (primary N) is 1. The van der Waals surface area contributed by atoms with Crippen molar-refractivity contribution in [3.63, 3.8) is 0 Å².